The lowest BCUT2D eigenvalue weighted by Crippen LogP contribution is -2.18. The molecule has 2 aromatic carbocycles. The maximum absolute atomic E-state index is 3.40. The van der Waals surface area contributed by atoms with Crippen LogP contribution in [0.25, 0.3) is 0 Å². The SMILES string of the molecule is CN(C)[C]CP(c1ccccc1)c1ccccc1. The van der Waals surface area contributed by atoms with E-state index in [2.05, 4.69) is 67.2 Å². The van der Waals surface area contributed by atoms with Crippen LogP contribution in [0.15, 0.2) is 60.7 Å². The van der Waals surface area contributed by atoms with Crippen LogP contribution in [0.3, 0.4) is 0 Å². The molecule has 2 rings (SSSR count). The van der Waals surface area contributed by atoms with Gasteiger partial charge in [0.15, 0.2) is 0 Å². The van der Waals surface area contributed by atoms with Gasteiger partial charge in [-0.05, 0) is 38.8 Å². The molecule has 0 aliphatic heterocycles. The van der Waals surface area contributed by atoms with Crippen molar-refractivity contribution in [1.29, 1.82) is 0 Å². The number of nitrogens with zero attached hydrogens (tertiary/aromatic N) is 1. The fraction of sp³-hybridized carbons (Fsp3) is 0.188. The standard InChI is InChI=1S/C16H18NP/c1-17(2)13-14-18(15-9-5-3-6-10-15)16-11-7-4-8-12-16/h3-12H,14H2,1-2H3. The van der Waals surface area contributed by atoms with Crippen LogP contribution in [0, 0.1) is 6.54 Å². The molecular weight excluding hydrogens is 237 g/mol. The first kappa shape index (κ1) is 13.3. The van der Waals surface area contributed by atoms with Gasteiger partial charge in [0.25, 0.3) is 0 Å². The summed E-state index contributed by atoms with van der Waals surface area (Å²) in [4.78, 5) is 2.02. The van der Waals surface area contributed by atoms with Gasteiger partial charge in [-0.1, -0.05) is 60.7 Å². The van der Waals surface area contributed by atoms with Gasteiger partial charge in [0.1, 0.15) is 0 Å². The van der Waals surface area contributed by atoms with Gasteiger partial charge in [-0.15, -0.1) is 0 Å². The zero-order valence-electron chi connectivity index (χ0n) is 10.9. The zero-order chi connectivity index (χ0) is 12.8. The Morgan fingerprint density at radius 3 is 1.67 bits per heavy atom. The molecule has 0 saturated heterocycles. The third kappa shape index (κ3) is 3.66. The Balaban J connectivity index is 2.24. The van der Waals surface area contributed by atoms with Crippen molar-refractivity contribution in [2.75, 3.05) is 20.3 Å². The van der Waals surface area contributed by atoms with Gasteiger partial charge in [0.05, 0.1) is 6.54 Å². The monoisotopic (exact) mass is 255 g/mol. The maximum Gasteiger partial charge on any atom is 0.0663 e. The minimum atomic E-state index is -0.336. The normalized spacial score (nSPS) is 11.1. The van der Waals surface area contributed by atoms with Crippen LogP contribution in [0.5, 0.6) is 0 Å². The van der Waals surface area contributed by atoms with Crippen LogP contribution in [0.1, 0.15) is 0 Å². The molecule has 0 unspecified atom stereocenters. The van der Waals surface area contributed by atoms with Gasteiger partial charge in [-0.2, -0.15) is 0 Å². The first-order valence-corrected chi connectivity index (χ1v) is 7.58. The first-order chi connectivity index (χ1) is 8.77. The molecule has 2 heteroatoms. The van der Waals surface area contributed by atoms with Crippen LogP contribution < -0.4 is 10.6 Å². The third-order valence-corrected chi connectivity index (χ3v) is 4.98. The van der Waals surface area contributed by atoms with Crippen molar-refractivity contribution in [3.63, 3.8) is 0 Å². The largest absolute Gasteiger partial charge is 0.300 e. The minimum Gasteiger partial charge on any atom is -0.300 e. The predicted octanol–water partition coefficient (Wildman–Crippen LogP) is 2.72. The smallest absolute Gasteiger partial charge is 0.0663 e. The molecule has 1 nitrogen and oxygen atoms in total. The second-order valence-corrected chi connectivity index (χ2v) is 6.51. The van der Waals surface area contributed by atoms with Crippen molar-refractivity contribution < 1.29 is 0 Å². The highest BCUT2D eigenvalue weighted by Crippen LogP contribution is 2.33. The number of rotatable bonds is 5. The van der Waals surface area contributed by atoms with Gasteiger partial charge in [0, 0.05) is 0 Å². The Hall–Kier alpha value is -1.17. The Labute approximate surface area is 111 Å². The van der Waals surface area contributed by atoms with Crippen LogP contribution in [-0.2, 0) is 0 Å². The molecule has 0 aliphatic carbocycles. The highest BCUT2D eigenvalue weighted by Gasteiger charge is 2.13. The van der Waals surface area contributed by atoms with E-state index in [1.807, 2.05) is 19.0 Å². The predicted molar refractivity (Wildman–Crippen MR) is 80.9 cm³/mol. The average Bonchev–Trinajstić information content (AvgIpc) is 2.41. The van der Waals surface area contributed by atoms with E-state index in [1.54, 1.807) is 0 Å². The molecule has 0 amide bonds. The van der Waals surface area contributed by atoms with Crippen molar-refractivity contribution in [3.05, 3.63) is 67.2 Å². The summed E-state index contributed by atoms with van der Waals surface area (Å²) in [6, 6.07) is 21.5. The van der Waals surface area contributed by atoms with Gasteiger partial charge >= 0.3 is 0 Å². The molecule has 0 spiro atoms. The molecule has 92 valence electrons. The Kier molecular flexibility index (Phi) is 4.92. The molecular formula is C16H18NP. The molecule has 0 atom stereocenters. The molecule has 18 heavy (non-hydrogen) atoms. The zero-order valence-corrected chi connectivity index (χ0v) is 11.8. The summed E-state index contributed by atoms with van der Waals surface area (Å²) >= 11 is 0. The lowest BCUT2D eigenvalue weighted by atomic mass is 10.4. The van der Waals surface area contributed by atoms with Crippen molar-refractivity contribution in [2.24, 2.45) is 0 Å². The van der Waals surface area contributed by atoms with E-state index in [0.717, 1.165) is 6.16 Å². The van der Waals surface area contributed by atoms with Crippen LogP contribution in [-0.4, -0.2) is 25.2 Å². The number of hydrogen-bond acceptors (Lipinski definition) is 1. The molecule has 0 aromatic heterocycles. The lowest BCUT2D eigenvalue weighted by Gasteiger charge is -2.20. The van der Waals surface area contributed by atoms with Crippen LogP contribution in [0.4, 0.5) is 0 Å². The first-order valence-electron chi connectivity index (χ1n) is 6.06. The molecule has 2 radical (unpaired) electrons. The van der Waals surface area contributed by atoms with Crippen molar-refractivity contribution >= 4 is 18.5 Å². The van der Waals surface area contributed by atoms with E-state index < -0.39 is 0 Å². The van der Waals surface area contributed by atoms with Crippen molar-refractivity contribution in [3.8, 4) is 0 Å². The molecule has 0 saturated carbocycles. The molecule has 0 fully saturated rings. The van der Waals surface area contributed by atoms with E-state index in [4.69, 9.17) is 0 Å². The summed E-state index contributed by atoms with van der Waals surface area (Å²) in [6.45, 7) is 3.40. The minimum absolute atomic E-state index is 0.336. The average molecular weight is 255 g/mol. The van der Waals surface area contributed by atoms with E-state index in [-0.39, 0.29) is 7.92 Å². The van der Waals surface area contributed by atoms with E-state index in [0.29, 0.717) is 0 Å². The fourth-order valence-corrected chi connectivity index (χ4v) is 3.91. The van der Waals surface area contributed by atoms with Gasteiger partial charge in [-0.3, -0.25) is 4.90 Å². The second kappa shape index (κ2) is 6.68. The summed E-state index contributed by atoms with van der Waals surface area (Å²) in [5.74, 6) is 0. The summed E-state index contributed by atoms with van der Waals surface area (Å²) in [5, 5.41) is 2.82. The molecule has 2 aromatic rings. The van der Waals surface area contributed by atoms with Crippen LogP contribution >= 0.6 is 7.92 Å². The summed E-state index contributed by atoms with van der Waals surface area (Å²) in [7, 11) is 3.73. The lowest BCUT2D eigenvalue weighted by molar-refractivity contribution is 0.506. The van der Waals surface area contributed by atoms with Gasteiger partial charge < -0.3 is 0 Å². The van der Waals surface area contributed by atoms with Gasteiger partial charge in [0.2, 0.25) is 0 Å². The van der Waals surface area contributed by atoms with Crippen LogP contribution in [0.2, 0.25) is 0 Å². The number of benzene rings is 2. The Bertz CT molecular complexity index is 414. The summed E-state index contributed by atoms with van der Waals surface area (Å²) in [6.07, 6.45) is 0.969. The highest BCUT2D eigenvalue weighted by atomic mass is 31.1. The second-order valence-electron chi connectivity index (χ2n) is 4.31. The maximum atomic E-state index is 3.40. The van der Waals surface area contributed by atoms with E-state index in [9.17, 15) is 0 Å². The van der Waals surface area contributed by atoms with Crippen molar-refractivity contribution in [2.45, 2.75) is 0 Å². The topological polar surface area (TPSA) is 3.24 Å². The van der Waals surface area contributed by atoms with Gasteiger partial charge in [-0.25, -0.2) is 0 Å². The third-order valence-electron chi connectivity index (χ3n) is 2.68. The summed E-state index contributed by atoms with van der Waals surface area (Å²) in [5.41, 5.74) is 0. The molecule has 0 bridgehead atoms. The quantitative estimate of drug-likeness (QED) is 0.586. The molecule has 0 heterocycles. The number of hydrogen-bond donors (Lipinski definition) is 0. The van der Waals surface area contributed by atoms with E-state index >= 15 is 0 Å². The highest BCUT2D eigenvalue weighted by molar-refractivity contribution is 7.73. The van der Waals surface area contributed by atoms with Crippen molar-refractivity contribution in [1.82, 2.24) is 4.90 Å². The molecule has 0 aliphatic rings. The molecule has 0 N–H and O–H groups in total. The summed E-state index contributed by atoms with van der Waals surface area (Å²) < 4.78 is 0. The fourth-order valence-electron chi connectivity index (χ4n) is 1.76. The Morgan fingerprint density at radius 2 is 1.28 bits per heavy atom. The van der Waals surface area contributed by atoms with E-state index in [1.165, 1.54) is 10.6 Å². The Morgan fingerprint density at radius 1 is 0.833 bits per heavy atom.